The number of para-hydroxylation sites is 2. The second-order valence-electron chi connectivity index (χ2n) is 7.28. The summed E-state index contributed by atoms with van der Waals surface area (Å²) >= 11 is 0. The standard InChI is InChI=1S/C23H27N3O4/c1-15(2)13-25-22(27)14-30-23(28)19(12-24)11-18-10-16(3)26(17(18)4)20-8-6-7-9-21(20)29-5/h6-11,15H,13-14H2,1-5H3,(H,25,27)/b19-11+. The van der Waals surface area contributed by atoms with E-state index in [1.807, 2.05) is 68.7 Å². The molecule has 0 bridgehead atoms. The molecule has 0 spiro atoms. The van der Waals surface area contributed by atoms with Crippen molar-refractivity contribution in [2.45, 2.75) is 27.7 Å². The molecule has 0 saturated heterocycles. The minimum absolute atomic E-state index is 0.174. The van der Waals surface area contributed by atoms with Crippen LogP contribution >= 0.6 is 0 Å². The zero-order chi connectivity index (χ0) is 22.3. The average molecular weight is 409 g/mol. The van der Waals surface area contributed by atoms with Gasteiger partial charge in [0.25, 0.3) is 5.91 Å². The van der Waals surface area contributed by atoms with E-state index < -0.39 is 18.5 Å². The lowest BCUT2D eigenvalue weighted by molar-refractivity contribution is -0.144. The Morgan fingerprint density at radius 3 is 2.60 bits per heavy atom. The first-order valence-corrected chi connectivity index (χ1v) is 9.66. The topological polar surface area (TPSA) is 93.3 Å². The van der Waals surface area contributed by atoms with Gasteiger partial charge < -0.3 is 19.4 Å². The first-order valence-electron chi connectivity index (χ1n) is 9.66. The van der Waals surface area contributed by atoms with E-state index in [1.54, 1.807) is 7.11 Å². The molecule has 1 amide bonds. The lowest BCUT2D eigenvalue weighted by Crippen LogP contribution is -2.31. The van der Waals surface area contributed by atoms with Gasteiger partial charge in [-0.05, 0) is 49.6 Å². The number of methoxy groups -OCH3 is 1. The molecule has 2 rings (SSSR count). The molecule has 0 aliphatic rings. The SMILES string of the molecule is COc1ccccc1-n1c(C)cc(/C=C(\C#N)C(=O)OCC(=O)NCC(C)C)c1C. The van der Waals surface area contributed by atoms with Gasteiger partial charge in [0.1, 0.15) is 17.4 Å². The summed E-state index contributed by atoms with van der Waals surface area (Å²) in [5.74, 6) is -0.233. The third-order valence-electron chi connectivity index (χ3n) is 4.48. The number of nitrogens with one attached hydrogen (secondary N) is 1. The predicted molar refractivity (Wildman–Crippen MR) is 114 cm³/mol. The van der Waals surface area contributed by atoms with Gasteiger partial charge in [-0.2, -0.15) is 5.26 Å². The molecule has 0 saturated carbocycles. The number of nitrogens with zero attached hydrogens (tertiary/aromatic N) is 2. The lowest BCUT2D eigenvalue weighted by atomic mass is 10.1. The number of hydrogen-bond donors (Lipinski definition) is 1. The van der Waals surface area contributed by atoms with Gasteiger partial charge in [-0.25, -0.2) is 4.79 Å². The number of esters is 1. The Bertz CT molecular complexity index is 996. The molecule has 0 aliphatic carbocycles. The number of nitriles is 1. The molecular weight excluding hydrogens is 382 g/mol. The molecule has 1 aromatic carbocycles. The Morgan fingerprint density at radius 2 is 1.97 bits per heavy atom. The molecule has 1 aromatic heterocycles. The van der Waals surface area contributed by atoms with Crippen LogP contribution in [0.4, 0.5) is 0 Å². The lowest BCUT2D eigenvalue weighted by Gasteiger charge is -2.13. The molecule has 1 N–H and O–H groups in total. The first-order chi connectivity index (χ1) is 14.3. The minimum atomic E-state index is -0.834. The van der Waals surface area contributed by atoms with Crippen molar-refractivity contribution in [3.63, 3.8) is 0 Å². The van der Waals surface area contributed by atoms with Gasteiger partial charge in [0.05, 0.1) is 12.8 Å². The quantitative estimate of drug-likeness (QED) is 0.410. The fourth-order valence-corrected chi connectivity index (χ4v) is 2.99. The summed E-state index contributed by atoms with van der Waals surface area (Å²) in [6, 6.07) is 11.3. The van der Waals surface area contributed by atoms with Crippen LogP contribution in [0.3, 0.4) is 0 Å². The third-order valence-corrected chi connectivity index (χ3v) is 4.48. The van der Waals surface area contributed by atoms with Crippen molar-refractivity contribution in [3.05, 3.63) is 52.9 Å². The smallest absolute Gasteiger partial charge is 0.349 e. The highest BCUT2D eigenvalue weighted by Gasteiger charge is 2.17. The van der Waals surface area contributed by atoms with Crippen LogP contribution in [0.1, 0.15) is 30.8 Å². The highest BCUT2D eigenvalue weighted by atomic mass is 16.5. The number of benzene rings is 1. The molecule has 7 nitrogen and oxygen atoms in total. The zero-order valence-corrected chi connectivity index (χ0v) is 18.0. The van der Waals surface area contributed by atoms with Crippen LogP contribution in [0.25, 0.3) is 11.8 Å². The number of ether oxygens (including phenoxy) is 2. The second kappa shape index (κ2) is 10.3. The van der Waals surface area contributed by atoms with E-state index in [-0.39, 0.29) is 11.5 Å². The highest BCUT2D eigenvalue weighted by molar-refractivity contribution is 5.99. The molecule has 2 aromatic rings. The van der Waals surface area contributed by atoms with Crippen molar-refractivity contribution in [2.24, 2.45) is 5.92 Å². The highest BCUT2D eigenvalue weighted by Crippen LogP contribution is 2.28. The van der Waals surface area contributed by atoms with Crippen LogP contribution in [0.5, 0.6) is 5.75 Å². The van der Waals surface area contributed by atoms with Gasteiger partial charge in [-0.3, -0.25) is 4.79 Å². The van der Waals surface area contributed by atoms with Crippen LogP contribution in [0.15, 0.2) is 35.9 Å². The number of hydrogen-bond acceptors (Lipinski definition) is 5. The summed E-state index contributed by atoms with van der Waals surface area (Å²) in [7, 11) is 1.61. The Hall–Kier alpha value is -3.53. The molecular formula is C23H27N3O4. The number of aryl methyl sites for hydroxylation is 1. The molecule has 30 heavy (non-hydrogen) atoms. The Kier molecular flexibility index (Phi) is 7.82. The van der Waals surface area contributed by atoms with E-state index in [2.05, 4.69) is 5.32 Å². The van der Waals surface area contributed by atoms with Crippen LogP contribution in [0.2, 0.25) is 0 Å². The molecule has 0 atom stereocenters. The Labute approximate surface area is 176 Å². The number of carbonyl (C=O) groups is 2. The van der Waals surface area contributed by atoms with Crippen molar-refractivity contribution >= 4 is 18.0 Å². The molecule has 0 aliphatic heterocycles. The van der Waals surface area contributed by atoms with Crippen LogP contribution < -0.4 is 10.1 Å². The van der Waals surface area contributed by atoms with Crippen molar-refractivity contribution < 1.29 is 19.1 Å². The van der Waals surface area contributed by atoms with Crippen molar-refractivity contribution in [1.82, 2.24) is 9.88 Å². The number of aromatic nitrogens is 1. The van der Waals surface area contributed by atoms with Gasteiger partial charge >= 0.3 is 5.97 Å². The maximum absolute atomic E-state index is 12.3. The molecule has 1 heterocycles. The van der Waals surface area contributed by atoms with Gasteiger partial charge in [0, 0.05) is 17.9 Å². The molecule has 0 radical (unpaired) electrons. The summed E-state index contributed by atoms with van der Waals surface area (Å²) in [4.78, 5) is 24.0. The second-order valence-corrected chi connectivity index (χ2v) is 7.28. The molecule has 7 heteroatoms. The number of carbonyl (C=O) groups excluding carboxylic acids is 2. The summed E-state index contributed by atoms with van der Waals surface area (Å²) < 4.78 is 12.4. The van der Waals surface area contributed by atoms with Crippen molar-refractivity contribution in [2.75, 3.05) is 20.3 Å². The van der Waals surface area contributed by atoms with Crippen LogP contribution in [-0.4, -0.2) is 36.7 Å². The summed E-state index contributed by atoms with van der Waals surface area (Å²) in [5, 5.41) is 12.1. The van der Waals surface area contributed by atoms with Gasteiger partial charge in [-0.15, -0.1) is 0 Å². The monoisotopic (exact) mass is 409 g/mol. The van der Waals surface area contributed by atoms with Gasteiger partial charge in [0.2, 0.25) is 0 Å². The van der Waals surface area contributed by atoms with E-state index in [9.17, 15) is 14.9 Å². The fraction of sp³-hybridized carbons (Fsp3) is 0.348. The van der Waals surface area contributed by atoms with E-state index in [1.165, 1.54) is 6.08 Å². The predicted octanol–water partition coefficient (Wildman–Crippen LogP) is 3.33. The first kappa shape index (κ1) is 22.8. The summed E-state index contributed by atoms with van der Waals surface area (Å²) in [6.07, 6.45) is 1.47. The maximum atomic E-state index is 12.3. The largest absolute Gasteiger partial charge is 0.495 e. The molecule has 158 valence electrons. The fourth-order valence-electron chi connectivity index (χ4n) is 2.99. The van der Waals surface area contributed by atoms with E-state index in [0.717, 1.165) is 17.1 Å². The van der Waals surface area contributed by atoms with E-state index in [0.29, 0.717) is 17.9 Å². The zero-order valence-electron chi connectivity index (χ0n) is 18.0. The average Bonchev–Trinajstić information content (AvgIpc) is 3.01. The van der Waals surface area contributed by atoms with Crippen LogP contribution in [0, 0.1) is 31.1 Å². The normalized spacial score (nSPS) is 11.2. The number of rotatable bonds is 8. The third kappa shape index (κ3) is 5.51. The van der Waals surface area contributed by atoms with E-state index >= 15 is 0 Å². The summed E-state index contributed by atoms with van der Waals surface area (Å²) in [5.41, 5.74) is 3.15. The Morgan fingerprint density at radius 1 is 1.27 bits per heavy atom. The van der Waals surface area contributed by atoms with Gasteiger partial charge in [-0.1, -0.05) is 26.0 Å². The molecule has 0 unspecified atom stereocenters. The van der Waals surface area contributed by atoms with Crippen molar-refractivity contribution in [1.29, 1.82) is 5.26 Å². The maximum Gasteiger partial charge on any atom is 0.349 e. The van der Waals surface area contributed by atoms with Crippen LogP contribution in [-0.2, 0) is 14.3 Å². The minimum Gasteiger partial charge on any atom is -0.495 e. The summed E-state index contributed by atoms with van der Waals surface area (Å²) in [6.45, 7) is 7.82. The van der Waals surface area contributed by atoms with Gasteiger partial charge in [0.15, 0.2) is 6.61 Å². The van der Waals surface area contributed by atoms with Crippen molar-refractivity contribution in [3.8, 4) is 17.5 Å². The molecule has 0 fully saturated rings. The van der Waals surface area contributed by atoms with E-state index in [4.69, 9.17) is 9.47 Å². The number of amides is 1. The Balaban J connectivity index is 2.23.